The highest BCUT2D eigenvalue weighted by Crippen LogP contribution is 2.21. The van der Waals surface area contributed by atoms with E-state index in [0.29, 0.717) is 22.8 Å². The lowest BCUT2D eigenvalue weighted by Crippen LogP contribution is -2.22. The Hall–Kier alpha value is -0.680. The van der Waals surface area contributed by atoms with Crippen LogP contribution in [0.5, 0.6) is 0 Å². The van der Waals surface area contributed by atoms with Crippen LogP contribution >= 0.6 is 23.4 Å². The van der Waals surface area contributed by atoms with Crippen molar-refractivity contribution in [3.8, 4) is 0 Å². The third-order valence-corrected chi connectivity index (χ3v) is 3.18. The van der Waals surface area contributed by atoms with Crippen molar-refractivity contribution in [3.63, 3.8) is 0 Å². The molecule has 16 heavy (non-hydrogen) atoms. The van der Waals surface area contributed by atoms with Gasteiger partial charge in [-0.15, -0.1) is 0 Å². The van der Waals surface area contributed by atoms with Crippen molar-refractivity contribution in [2.45, 2.75) is 19.4 Å². The third kappa shape index (κ3) is 3.72. The average Bonchev–Trinajstić information content (AvgIpc) is 2.31. The van der Waals surface area contributed by atoms with Crippen LogP contribution in [0, 0.1) is 0 Å². The lowest BCUT2D eigenvalue weighted by Gasteiger charge is -2.17. The minimum Gasteiger partial charge on any atom is -0.365 e. The maximum Gasteiger partial charge on any atom is 0.224 e. The summed E-state index contributed by atoms with van der Waals surface area (Å²) in [7, 11) is 1.78. The monoisotopic (exact) mass is 260 g/mol. The van der Waals surface area contributed by atoms with Gasteiger partial charge in [-0.1, -0.05) is 18.5 Å². The highest BCUT2D eigenvalue weighted by Gasteiger charge is 2.10. The van der Waals surface area contributed by atoms with Crippen molar-refractivity contribution < 1.29 is 0 Å². The van der Waals surface area contributed by atoms with Crippen molar-refractivity contribution in [2.75, 3.05) is 29.7 Å². The van der Waals surface area contributed by atoms with Crippen molar-refractivity contribution in [1.82, 2.24) is 9.97 Å². The van der Waals surface area contributed by atoms with Gasteiger partial charge in [0.1, 0.15) is 5.02 Å². The number of rotatable bonds is 6. The molecule has 0 spiro atoms. The van der Waals surface area contributed by atoms with E-state index in [1.807, 2.05) is 0 Å². The van der Waals surface area contributed by atoms with E-state index in [0.717, 1.165) is 12.2 Å². The number of nitrogens with zero attached hydrogens (tertiary/aromatic N) is 2. The number of halogens is 1. The highest BCUT2D eigenvalue weighted by atomic mass is 35.5. The molecular formula is C10H17ClN4S. The number of nitrogens with one attached hydrogen (secondary N) is 2. The summed E-state index contributed by atoms with van der Waals surface area (Å²) < 4.78 is 0. The topological polar surface area (TPSA) is 49.8 Å². The highest BCUT2D eigenvalue weighted by molar-refractivity contribution is 7.98. The van der Waals surface area contributed by atoms with Gasteiger partial charge >= 0.3 is 0 Å². The van der Waals surface area contributed by atoms with Crippen LogP contribution in [-0.4, -0.2) is 35.1 Å². The molecule has 1 rings (SSSR count). The fourth-order valence-electron chi connectivity index (χ4n) is 1.24. The predicted molar refractivity (Wildman–Crippen MR) is 72.7 cm³/mol. The van der Waals surface area contributed by atoms with Crippen LogP contribution in [0.25, 0.3) is 0 Å². The summed E-state index contributed by atoms with van der Waals surface area (Å²) >= 11 is 7.84. The summed E-state index contributed by atoms with van der Waals surface area (Å²) in [5, 5.41) is 6.77. The molecule has 0 aromatic carbocycles. The fraction of sp³-hybridized carbons (Fsp3) is 0.600. The molecule has 1 aromatic heterocycles. The average molecular weight is 261 g/mol. The van der Waals surface area contributed by atoms with E-state index < -0.39 is 0 Å². The van der Waals surface area contributed by atoms with E-state index in [2.05, 4.69) is 33.8 Å². The van der Waals surface area contributed by atoms with E-state index in [1.54, 1.807) is 25.0 Å². The summed E-state index contributed by atoms with van der Waals surface area (Å²) in [4.78, 5) is 8.32. The molecule has 0 saturated carbocycles. The number of hydrogen-bond acceptors (Lipinski definition) is 5. The molecule has 0 saturated heterocycles. The Morgan fingerprint density at radius 1 is 1.56 bits per heavy atom. The van der Waals surface area contributed by atoms with Crippen LogP contribution in [0.4, 0.5) is 11.8 Å². The molecule has 4 nitrogen and oxygen atoms in total. The molecule has 1 unspecified atom stereocenters. The van der Waals surface area contributed by atoms with Crippen molar-refractivity contribution in [2.24, 2.45) is 0 Å². The number of aromatic nitrogens is 2. The number of hydrogen-bond donors (Lipinski definition) is 2. The first-order valence-corrected chi connectivity index (χ1v) is 6.94. The Kier molecular flexibility index (Phi) is 5.69. The molecule has 1 aromatic rings. The summed E-state index contributed by atoms with van der Waals surface area (Å²) in [5.74, 6) is 2.30. The lowest BCUT2D eigenvalue weighted by atomic mass is 10.2. The Morgan fingerprint density at radius 3 is 2.88 bits per heavy atom. The van der Waals surface area contributed by atoms with Gasteiger partial charge in [-0.3, -0.25) is 0 Å². The van der Waals surface area contributed by atoms with Crippen LogP contribution < -0.4 is 10.6 Å². The first-order valence-electron chi connectivity index (χ1n) is 5.17. The van der Waals surface area contributed by atoms with Crippen molar-refractivity contribution in [3.05, 3.63) is 11.2 Å². The van der Waals surface area contributed by atoms with Crippen LogP contribution in [0.1, 0.15) is 13.3 Å². The molecular weight excluding hydrogens is 244 g/mol. The zero-order valence-corrected chi connectivity index (χ0v) is 11.3. The standard InChI is InChI=1S/C10H17ClN4S/c1-4-7(6-16-3)14-9-8(11)5-13-10(12-2)15-9/h5,7H,4,6H2,1-3H3,(H2,12,13,14,15). The summed E-state index contributed by atoms with van der Waals surface area (Å²) in [6.07, 6.45) is 4.73. The lowest BCUT2D eigenvalue weighted by molar-refractivity contribution is 0.769. The molecule has 0 radical (unpaired) electrons. The minimum absolute atomic E-state index is 0.382. The Morgan fingerprint density at radius 2 is 2.31 bits per heavy atom. The van der Waals surface area contributed by atoms with Gasteiger partial charge in [0.2, 0.25) is 5.95 Å². The summed E-state index contributed by atoms with van der Waals surface area (Å²) in [6, 6.07) is 0.382. The second-order valence-corrected chi connectivity index (χ2v) is 4.66. The van der Waals surface area contributed by atoms with Crippen LogP contribution in [0.15, 0.2) is 6.20 Å². The molecule has 0 fully saturated rings. The number of thioether (sulfide) groups is 1. The van der Waals surface area contributed by atoms with Crippen LogP contribution in [0.2, 0.25) is 5.02 Å². The Labute approximate surface area is 106 Å². The van der Waals surface area contributed by atoms with Gasteiger partial charge < -0.3 is 10.6 Å². The molecule has 2 N–H and O–H groups in total. The van der Waals surface area contributed by atoms with E-state index in [9.17, 15) is 0 Å². The first kappa shape index (κ1) is 13.4. The molecule has 6 heteroatoms. The second kappa shape index (κ2) is 6.81. The zero-order valence-electron chi connectivity index (χ0n) is 9.75. The molecule has 0 aliphatic carbocycles. The van der Waals surface area contributed by atoms with Gasteiger partial charge in [0.25, 0.3) is 0 Å². The van der Waals surface area contributed by atoms with E-state index in [-0.39, 0.29) is 0 Å². The maximum absolute atomic E-state index is 6.03. The number of anilines is 2. The molecule has 1 atom stereocenters. The zero-order chi connectivity index (χ0) is 12.0. The van der Waals surface area contributed by atoms with E-state index in [4.69, 9.17) is 11.6 Å². The smallest absolute Gasteiger partial charge is 0.224 e. The van der Waals surface area contributed by atoms with Gasteiger partial charge in [0.15, 0.2) is 5.82 Å². The van der Waals surface area contributed by atoms with Gasteiger partial charge in [-0.05, 0) is 12.7 Å². The predicted octanol–water partition coefficient (Wildman–Crippen LogP) is 2.73. The van der Waals surface area contributed by atoms with Gasteiger partial charge in [0.05, 0.1) is 6.20 Å². The molecule has 0 bridgehead atoms. The quantitative estimate of drug-likeness (QED) is 0.824. The molecule has 1 heterocycles. The second-order valence-electron chi connectivity index (χ2n) is 3.35. The third-order valence-electron chi connectivity index (χ3n) is 2.17. The summed E-state index contributed by atoms with van der Waals surface area (Å²) in [6.45, 7) is 2.14. The van der Waals surface area contributed by atoms with Crippen molar-refractivity contribution in [1.29, 1.82) is 0 Å². The SMILES string of the molecule is CCC(CSC)Nc1nc(NC)ncc1Cl. The summed E-state index contributed by atoms with van der Waals surface area (Å²) in [5.41, 5.74) is 0. The molecule has 90 valence electrons. The molecule has 0 amide bonds. The van der Waals surface area contributed by atoms with Gasteiger partial charge in [0, 0.05) is 18.8 Å². The van der Waals surface area contributed by atoms with Crippen molar-refractivity contribution >= 4 is 35.1 Å². The molecule has 0 aliphatic heterocycles. The van der Waals surface area contributed by atoms with Crippen LogP contribution in [0.3, 0.4) is 0 Å². The largest absolute Gasteiger partial charge is 0.365 e. The fourth-order valence-corrected chi connectivity index (χ4v) is 2.11. The Balaban J connectivity index is 2.77. The van der Waals surface area contributed by atoms with E-state index in [1.165, 1.54) is 0 Å². The molecule has 0 aliphatic rings. The maximum atomic E-state index is 6.03. The van der Waals surface area contributed by atoms with Crippen LogP contribution in [-0.2, 0) is 0 Å². The normalized spacial score (nSPS) is 12.2. The van der Waals surface area contributed by atoms with Gasteiger partial charge in [-0.25, -0.2) is 4.98 Å². The Bertz CT molecular complexity index is 335. The first-order chi connectivity index (χ1) is 7.71. The van der Waals surface area contributed by atoms with Gasteiger partial charge in [-0.2, -0.15) is 16.7 Å². The van der Waals surface area contributed by atoms with E-state index >= 15 is 0 Å². The minimum atomic E-state index is 0.382.